The fraction of sp³-hybridized carbons (Fsp3) is 0.472. The molecule has 0 unspecified atom stereocenters. The number of terminal acetylenes is 1. The molecule has 260 valence electrons. The zero-order valence-electron chi connectivity index (χ0n) is 26.9. The van der Waals surface area contributed by atoms with Gasteiger partial charge in [-0.1, -0.05) is 12.0 Å². The van der Waals surface area contributed by atoms with E-state index in [9.17, 15) is 22.7 Å². The molecule has 9 nitrogen and oxygen atoms in total. The van der Waals surface area contributed by atoms with Gasteiger partial charge in [0.2, 0.25) is 5.88 Å². The number of fused-ring (bicyclic) bond motifs is 6. The lowest BCUT2D eigenvalue weighted by molar-refractivity contribution is -0.170. The molecule has 4 aliphatic heterocycles. The molecule has 0 radical (unpaired) electrons. The highest BCUT2D eigenvalue weighted by molar-refractivity contribution is 6.04. The molecule has 0 spiro atoms. The second kappa shape index (κ2) is 11.3. The Morgan fingerprint density at radius 2 is 1.92 bits per heavy atom. The van der Waals surface area contributed by atoms with Gasteiger partial charge >= 0.3 is 12.2 Å². The van der Waals surface area contributed by atoms with Gasteiger partial charge in [-0.3, -0.25) is 0 Å². The third-order valence-electron chi connectivity index (χ3n) is 11.1. The van der Waals surface area contributed by atoms with Crippen LogP contribution in [0.3, 0.4) is 0 Å². The molecule has 6 heterocycles. The molecule has 5 aliphatic rings. The van der Waals surface area contributed by atoms with Crippen molar-refractivity contribution in [3.63, 3.8) is 0 Å². The molecule has 2 aromatic carbocycles. The number of halogens is 5. The van der Waals surface area contributed by atoms with E-state index in [1.165, 1.54) is 24.3 Å². The summed E-state index contributed by atoms with van der Waals surface area (Å²) in [5, 5.41) is 15.1. The van der Waals surface area contributed by atoms with E-state index in [4.69, 9.17) is 20.9 Å². The van der Waals surface area contributed by atoms with E-state index in [0.717, 1.165) is 25.7 Å². The first kappa shape index (κ1) is 31.5. The predicted molar refractivity (Wildman–Crippen MR) is 174 cm³/mol. The first-order valence-corrected chi connectivity index (χ1v) is 16.9. The molecular formula is C36H33F5N6O3. The van der Waals surface area contributed by atoms with Crippen molar-refractivity contribution in [3.8, 4) is 41.2 Å². The zero-order valence-corrected chi connectivity index (χ0v) is 26.9. The van der Waals surface area contributed by atoms with Crippen molar-refractivity contribution in [3.05, 3.63) is 41.5 Å². The second-order valence-electron chi connectivity index (χ2n) is 14.4. The Balaban J connectivity index is 1.14. The molecule has 50 heavy (non-hydrogen) atoms. The van der Waals surface area contributed by atoms with Crippen LogP contribution < -0.4 is 19.7 Å². The number of nitrogens with zero attached hydrogens (tertiary/aromatic N) is 5. The van der Waals surface area contributed by atoms with Crippen LogP contribution in [0.2, 0.25) is 0 Å². The summed E-state index contributed by atoms with van der Waals surface area (Å²) in [4.78, 5) is 18.0. The van der Waals surface area contributed by atoms with Gasteiger partial charge in [0, 0.05) is 48.1 Å². The average molecular weight is 693 g/mol. The van der Waals surface area contributed by atoms with Gasteiger partial charge in [-0.2, -0.15) is 23.1 Å². The standard InChI is InChI=1S/C36H33F5N6O3/c1-2-22-24(37)5-3-18-11-21(48)12-23(27(18)22)30-29(38)31-28-32(47-14-20-4-6-25(42-20)26(47)15-49-33(28)43-30)45-34(44-31)50-17-35(8-9-35)16-46-10-7-19(13-46)36(39,40)41/h1,3,5,11-12,19-20,25-26,42,48H,4,6-10,13-17H2/t19-,20+,25-,26+/m0/s1. The Hall–Kier alpha value is -4.48. The first-order chi connectivity index (χ1) is 24.0. The van der Waals surface area contributed by atoms with E-state index in [1.54, 1.807) is 0 Å². The van der Waals surface area contributed by atoms with Crippen molar-refractivity contribution in [1.29, 1.82) is 0 Å². The van der Waals surface area contributed by atoms with Crippen molar-refractivity contribution in [2.45, 2.75) is 56.4 Å². The van der Waals surface area contributed by atoms with Crippen molar-refractivity contribution >= 4 is 27.5 Å². The maximum absolute atomic E-state index is 17.0. The average Bonchev–Trinajstić information content (AvgIpc) is 3.54. The second-order valence-corrected chi connectivity index (χ2v) is 14.4. The molecule has 3 saturated heterocycles. The number of ether oxygens (including phenoxy) is 2. The van der Waals surface area contributed by atoms with Gasteiger partial charge < -0.3 is 29.7 Å². The lowest BCUT2D eigenvalue weighted by atomic mass is 9.95. The molecule has 2 bridgehead atoms. The van der Waals surface area contributed by atoms with E-state index in [1.807, 2.05) is 4.90 Å². The van der Waals surface area contributed by atoms with Crippen LogP contribution in [0.5, 0.6) is 17.6 Å². The topological polar surface area (TPSA) is 95.9 Å². The molecule has 9 rings (SSSR count). The van der Waals surface area contributed by atoms with E-state index >= 15 is 4.39 Å². The molecule has 0 amide bonds. The number of pyridine rings is 1. The number of nitrogens with one attached hydrogen (secondary N) is 1. The summed E-state index contributed by atoms with van der Waals surface area (Å²) in [6, 6.07) is 5.43. The number of hydrogen-bond acceptors (Lipinski definition) is 9. The van der Waals surface area contributed by atoms with Crippen LogP contribution in [0, 0.1) is 35.3 Å². The molecule has 2 N–H and O–H groups in total. The summed E-state index contributed by atoms with van der Waals surface area (Å²) >= 11 is 0. The minimum Gasteiger partial charge on any atom is -0.508 e. The zero-order chi connectivity index (χ0) is 34.5. The fourth-order valence-electron chi connectivity index (χ4n) is 8.37. The van der Waals surface area contributed by atoms with Gasteiger partial charge in [-0.25, -0.2) is 13.8 Å². The lowest BCUT2D eigenvalue weighted by Gasteiger charge is -2.40. The summed E-state index contributed by atoms with van der Waals surface area (Å²) in [7, 11) is 0. The van der Waals surface area contributed by atoms with Crippen LogP contribution in [-0.2, 0) is 0 Å². The number of likely N-dealkylation sites (tertiary alicyclic amines) is 1. The van der Waals surface area contributed by atoms with Gasteiger partial charge in [0.1, 0.15) is 40.6 Å². The molecule has 4 aromatic rings. The third kappa shape index (κ3) is 5.16. The van der Waals surface area contributed by atoms with Gasteiger partial charge in [0.05, 0.1) is 24.1 Å². The summed E-state index contributed by atoms with van der Waals surface area (Å²) < 4.78 is 84.6. The number of benzene rings is 2. The lowest BCUT2D eigenvalue weighted by Crippen LogP contribution is -2.60. The molecule has 14 heteroatoms. The highest BCUT2D eigenvalue weighted by atomic mass is 19.4. The van der Waals surface area contributed by atoms with E-state index in [2.05, 4.69) is 26.1 Å². The number of hydrogen-bond donors (Lipinski definition) is 2. The van der Waals surface area contributed by atoms with Crippen LogP contribution >= 0.6 is 0 Å². The van der Waals surface area contributed by atoms with Gasteiger partial charge in [-0.15, -0.1) is 6.42 Å². The van der Waals surface area contributed by atoms with Gasteiger partial charge in [0.15, 0.2) is 5.82 Å². The van der Waals surface area contributed by atoms with Gasteiger partial charge in [-0.05, 0) is 62.2 Å². The largest absolute Gasteiger partial charge is 0.508 e. The third-order valence-corrected chi connectivity index (χ3v) is 11.1. The molecule has 4 fully saturated rings. The molecule has 4 atom stereocenters. The number of anilines is 1. The Morgan fingerprint density at radius 3 is 2.68 bits per heavy atom. The van der Waals surface area contributed by atoms with Crippen molar-refractivity contribution < 1.29 is 36.5 Å². The van der Waals surface area contributed by atoms with Gasteiger partial charge in [0.25, 0.3) is 0 Å². The Kier molecular flexibility index (Phi) is 7.10. The minimum atomic E-state index is -4.22. The summed E-state index contributed by atoms with van der Waals surface area (Å²) in [5.74, 6) is -0.196. The minimum absolute atomic E-state index is 0.0344. The van der Waals surface area contributed by atoms with Crippen LogP contribution in [0.1, 0.15) is 37.7 Å². The van der Waals surface area contributed by atoms with E-state index < -0.39 is 23.7 Å². The molecule has 1 saturated carbocycles. The van der Waals surface area contributed by atoms with Crippen LogP contribution in [0.25, 0.3) is 32.9 Å². The summed E-state index contributed by atoms with van der Waals surface area (Å²) in [5.41, 5.74) is -0.749. The highest BCUT2D eigenvalue weighted by Gasteiger charge is 2.50. The number of phenols is 1. The maximum Gasteiger partial charge on any atom is 0.393 e. The Morgan fingerprint density at radius 1 is 1.08 bits per heavy atom. The van der Waals surface area contributed by atoms with Crippen LogP contribution in [0.4, 0.5) is 27.8 Å². The number of rotatable bonds is 6. The quantitative estimate of drug-likeness (QED) is 0.199. The summed E-state index contributed by atoms with van der Waals surface area (Å²) in [6.45, 7) is 1.78. The molecule has 1 aliphatic carbocycles. The van der Waals surface area contributed by atoms with E-state index in [0.29, 0.717) is 30.8 Å². The smallest absolute Gasteiger partial charge is 0.393 e. The summed E-state index contributed by atoms with van der Waals surface area (Å²) in [6.07, 6.45) is 5.04. The van der Waals surface area contributed by atoms with Crippen molar-refractivity contribution in [1.82, 2.24) is 25.2 Å². The number of piperazine rings is 1. The molecule has 2 aromatic heterocycles. The monoisotopic (exact) mass is 692 g/mol. The Labute approximate surface area is 283 Å². The van der Waals surface area contributed by atoms with Crippen molar-refractivity contribution in [2.24, 2.45) is 11.3 Å². The Bertz CT molecular complexity index is 2100. The first-order valence-electron chi connectivity index (χ1n) is 16.9. The van der Waals surface area contributed by atoms with Crippen LogP contribution in [0.15, 0.2) is 24.3 Å². The number of phenolic OH excluding ortho intramolecular Hbond substituents is 1. The highest BCUT2D eigenvalue weighted by Crippen LogP contribution is 2.49. The number of aromatic nitrogens is 3. The predicted octanol–water partition coefficient (Wildman–Crippen LogP) is 5.55. The number of aromatic hydroxyl groups is 1. The van der Waals surface area contributed by atoms with Crippen molar-refractivity contribution in [2.75, 3.05) is 44.3 Å². The SMILES string of the molecule is C#Cc1c(F)ccc2cc(O)cc(-c3nc4c5c(nc(OCC6(CN7CC[C@H](C(F)(F)F)C7)CC6)nc5c3F)N3C[C@H]5CC[C@H](N5)[C@H]3CO4)c12. The van der Waals surface area contributed by atoms with Crippen LogP contribution in [-0.4, -0.2) is 88.7 Å². The molecular weight excluding hydrogens is 659 g/mol. The maximum atomic E-state index is 17.0. The van der Waals surface area contributed by atoms with E-state index in [-0.39, 0.29) is 100 Å². The number of alkyl halides is 3. The fourth-order valence-corrected chi connectivity index (χ4v) is 8.37. The normalized spacial score (nSPS) is 25.3.